The van der Waals surface area contributed by atoms with Crippen LogP contribution in [0.15, 0.2) is 41.3 Å². The molecule has 2 N–H and O–H groups in total. The number of ether oxygens (including phenoxy) is 2. The lowest BCUT2D eigenvalue weighted by atomic mass is 10.0. The molecule has 3 rings (SSSR count). The molecule has 1 fully saturated rings. The van der Waals surface area contributed by atoms with Gasteiger partial charge in [0, 0.05) is 18.8 Å². The summed E-state index contributed by atoms with van der Waals surface area (Å²) in [6.45, 7) is 6.93. The molecule has 0 unspecified atom stereocenters. The molecule has 2 aromatic rings. The SMILES string of the molecule is CCOCCOc1ccccc1NC(=O)c1c(C)ccn(C2CCNCC2)c1=O.Cl. The van der Waals surface area contributed by atoms with Crippen LogP contribution < -0.4 is 20.9 Å². The zero-order chi connectivity index (χ0) is 20.6. The second kappa shape index (κ2) is 11.7. The monoisotopic (exact) mass is 435 g/mol. The van der Waals surface area contributed by atoms with Crippen molar-refractivity contribution in [1.29, 1.82) is 0 Å². The number of nitrogens with one attached hydrogen (secondary N) is 2. The second-order valence-electron chi connectivity index (χ2n) is 7.06. The van der Waals surface area contributed by atoms with E-state index in [1.165, 1.54) is 0 Å². The smallest absolute Gasteiger partial charge is 0.263 e. The molecule has 8 heteroatoms. The van der Waals surface area contributed by atoms with Crippen molar-refractivity contribution in [2.75, 3.05) is 38.2 Å². The third kappa shape index (κ3) is 5.84. The van der Waals surface area contributed by atoms with E-state index in [0.29, 0.717) is 36.8 Å². The van der Waals surface area contributed by atoms with Gasteiger partial charge in [0.25, 0.3) is 11.5 Å². The largest absolute Gasteiger partial charge is 0.489 e. The van der Waals surface area contributed by atoms with Crippen molar-refractivity contribution in [2.24, 2.45) is 0 Å². The molecule has 0 spiro atoms. The highest BCUT2D eigenvalue weighted by Crippen LogP contribution is 2.24. The van der Waals surface area contributed by atoms with Gasteiger partial charge in [-0.05, 0) is 63.5 Å². The Morgan fingerprint density at radius 2 is 1.93 bits per heavy atom. The van der Waals surface area contributed by atoms with Gasteiger partial charge in [0.2, 0.25) is 0 Å². The van der Waals surface area contributed by atoms with Crippen LogP contribution in [0.1, 0.15) is 41.7 Å². The first-order valence-electron chi connectivity index (χ1n) is 10.1. The van der Waals surface area contributed by atoms with Crippen LogP contribution in [0.3, 0.4) is 0 Å². The minimum absolute atomic E-state index is 0. The van der Waals surface area contributed by atoms with Gasteiger partial charge in [-0.3, -0.25) is 9.59 Å². The molecule has 0 aliphatic carbocycles. The highest BCUT2D eigenvalue weighted by atomic mass is 35.5. The minimum atomic E-state index is -0.420. The number of aromatic nitrogens is 1. The van der Waals surface area contributed by atoms with Crippen molar-refractivity contribution >= 4 is 24.0 Å². The fourth-order valence-electron chi connectivity index (χ4n) is 3.52. The van der Waals surface area contributed by atoms with Crippen LogP contribution in [-0.4, -0.2) is 43.4 Å². The van der Waals surface area contributed by atoms with Crippen LogP contribution in [-0.2, 0) is 4.74 Å². The molecule has 0 atom stereocenters. The van der Waals surface area contributed by atoms with E-state index < -0.39 is 5.91 Å². The lowest BCUT2D eigenvalue weighted by Crippen LogP contribution is -2.37. The topological polar surface area (TPSA) is 81.6 Å². The van der Waals surface area contributed by atoms with E-state index in [1.807, 2.05) is 25.1 Å². The van der Waals surface area contributed by atoms with E-state index >= 15 is 0 Å². The Morgan fingerprint density at radius 3 is 2.67 bits per heavy atom. The third-order valence-electron chi connectivity index (χ3n) is 5.08. The fraction of sp³-hybridized carbons (Fsp3) is 0.455. The molecule has 30 heavy (non-hydrogen) atoms. The maximum absolute atomic E-state index is 13.1. The molecule has 164 valence electrons. The molecule has 1 aliphatic heterocycles. The predicted molar refractivity (Wildman–Crippen MR) is 120 cm³/mol. The molecular weight excluding hydrogens is 406 g/mol. The first-order chi connectivity index (χ1) is 14.1. The Balaban J connectivity index is 0.00000320. The zero-order valence-corrected chi connectivity index (χ0v) is 18.3. The Labute approximate surface area is 183 Å². The first-order valence-corrected chi connectivity index (χ1v) is 10.1. The molecular formula is C22H30ClN3O4. The van der Waals surface area contributed by atoms with Crippen LogP contribution in [0, 0.1) is 6.92 Å². The Kier molecular flexibility index (Phi) is 9.36. The average Bonchev–Trinajstić information content (AvgIpc) is 2.73. The van der Waals surface area contributed by atoms with E-state index in [1.54, 1.807) is 29.8 Å². The van der Waals surface area contributed by atoms with E-state index in [-0.39, 0.29) is 29.6 Å². The van der Waals surface area contributed by atoms with Crippen LogP contribution in [0.25, 0.3) is 0 Å². The summed E-state index contributed by atoms with van der Waals surface area (Å²) >= 11 is 0. The number of para-hydroxylation sites is 2. The summed E-state index contributed by atoms with van der Waals surface area (Å²) in [5.41, 5.74) is 1.12. The van der Waals surface area contributed by atoms with Crippen LogP contribution >= 0.6 is 12.4 Å². The molecule has 2 heterocycles. The lowest BCUT2D eigenvalue weighted by molar-refractivity contribution is 0.102. The average molecular weight is 436 g/mol. The fourth-order valence-corrected chi connectivity index (χ4v) is 3.52. The highest BCUT2D eigenvalue weighted by Gasteiger charge is 2.22. The number of carbonyl (C=O) groups is 1. The number of carbonyl (C=O) groups excluding carboxylic acids is 1. The number of hydrogen-bond donors (Lipinski definition) is 2. The van der Waals surface area contributed by atoms with Gasteiger partial charge in [0.05, 0.1) is 12.3 Å². The molecule has 0 bridgehead atoms. The number of aryl methyl sites for hydroxylation is 1. The van der Waals surface area contributed by atoms with Gasteiger partial charge in [0.1, 0.15) is 17.9 Å². The molecule has 1 aromatic heterocycles. The Bertz CT molecular complexity index is 894. The van der Waals surface area contributed by atoms with Gasteiger partial charge in [-0.15, -0.1) is 12.4 Å². The van der Waals surface area contributed by atoms with Crippen LogP contribution in [0.5, 0.6) is 5.75 Å². The molecule has 1 amide bonds. The van der Waals surface area contributed by atoms with Gasteiger partial charge in [-0.25, -0.2) is 0 Å². The normalized spacial score (nSPS) is 14.1. The number of rotatable bonds is 8. The summed E-state index contributed by atoms with van der Waals surface area (Å²) in [4.78, 5) is 26.1. The van der Waals surface area contributed by atoms with E-state index in [4.69, 9.17) is 9.47 Å². The standard InChI is InChI=1S/C22H29N3O4.ClH/c1-3-28-14-15-29-19-7-5-4-6-18(19)24-21(26)20-16(2)10-13-25(22(20)27)17-8-11-23-12-9-17;/h4-7,10,13,17,23H,3,8-9,11-12,14-15H2,1-2H3,(H,24,26);1H. The van der Waals surface area contributed by atoms with Crippen molar-refractivity contribution in [2.45, 2.75) is 32.7 Å². The van der Waals surface area contributed by atoms with Gasteiger partial charge >= 0.3 is 0 Å². The predicted octanol–water partition coefficient (Wildman–Crippen LogP) is 3.17. The van der Waals surface area contributed by atoms with Gasteiger partial charge in [0.15, 0.2) is 0 Å². The number of pyridine rings is 1. The van der Waals surface area contributed by atoms with Gasteiger partial charge in [-0.2, -0.15) is 0 Å². The van der Waals surface area contributed by atoms with Gasteiger partial charge < -0.3 is 24.7 Å². The highest BCUT2D eigenvalue weighted by molar-refractivity contribution is 6.05. The van der Waals surface area contributed by atoms with Crippen molar-refractivity contribution < 1.29 is 14.3 Å². The number of hydrogen-bond acceptors (Lipinski definition) is 5. The first kappa shape index (κ1) is 23.9. The van der Waals surface area contributed by atoms with Crippen LogP contribution in [0.2, 0.25) is 0 Å². The summed E-state index contributed by atoms with van der Waals surface area (Å²) in [5.74, 6) is 0.129. The molecule has 1 aliphatic rings. The molecule has 7 nitrogen and oxygen atoms in total. The summed E-state index contributed by atoms with van der Waals surface area (Å²) in [6, 6.07) is 9.15. The number of amides is 1. The summed E-state index contributed by atoms with van der Waals surface area (Å²) in [5, 5.41) is 6.15. The molecule has 1 aromatic carbocycles. The van der Waals surface area contributed by atoms with E-state index in [0.717, 1.165) is 25.9 Å². The molecule has 0 radical (unpaired) electrons. The maximum Gasteiger partial charge on any atom is 0.263 e. The zero-order valence-electron chi connectivity index (χ0n) is 17.5. The van der Waals surface area contributed by atoms with Crippen molar-refractivity contribution in [1.82, 2.24) is 9.88 Å². The number of piperidine rings is 1. The number of nitrogens with zero attached hydrogens (tertiary/aromatic N) is 1. The van der Waals surface area contributed by atoms with Crippen LogP contribution in [0.4, 0.5) is 5.69 Å². The Morgan fingerprint density at radius 1 is 1.20 bits per heavy atom. The van der Waals surface area contributed by atoms with E-state index in [9.17, 15) is 9.59 Å². The number of anilines is 1. The summed E-state index contributed by atoms with van der Waals surface area (Å²) in [7, 11) is 0. The third-order valence-corrected chi connectivity index (χ3v) is 5.08. The quantitative estimate of drug-likeness (QED) is 0.622. The second-order valence-corrected chi connectivity index (χ2v) is 7.06. The van der Waals surface area contributed by atoms with E-state index in [2.05, 4.69) is 10.6 Å². The molecule has 1 saturated heterocycles. The Hall–Kier alpha value is -2.35. The van der Waals surface area contributed by atoms with Crippen molar-refractivity contribution in [3.8, 4) is 5.75 Å². The number of halogens is 1. The molecule has 0 saturated carbocycles. The summed E-state index contributed by atoms with van der Waals surface area (Å²) < 4.78 is 12.7. The number of benzene rings is 1. The van der Waals surface area contributed by atoms with Crippen molar-refractivity contribution in [3.63, 3.8) is 0 Å². The minimum Gasteiger partial charge on any atom is -0.489 e. The lowest BCUT2D eigenvalue weighted by Gasteiger charge is -2.25. The van der Waals surface area contributed by atoms with Gasteiger partial charge in [-0.1, -0.05) is 12.1 Å². The van der Waals surface area contributed by atoms with Crippen molar-refractivity contribution in [3.05, 3.63) is 58.0 Å². The summed E-state index contributed by atoms with van der Waals surface area (Å²) in [6.07, 6.45) is 3.55. The maximum atomic E-state index is 13.1.